The van der Waals surface area contributed by atoms with Crippen molar-refractivity contribution in [3.05, 3.63) is 77.5 Å². The minimum atomic E-state index is -1.28. The molecule has 0 unspecified atom stereocenters. The molecule has 8 heteroatoms. The number of carbonyl (C=O) groups is 3. The van der Waals surface area contributed by atoms with Gasteiger partial charge >= 0.3 is 12.0 Å². The minimum Gasteiger partial charge on any atom is -0.490 e. The summed E-state index contributed by atoms with van der Waals surface area (Å²) in [5.41, 5.74) is 2.38. The Morgan fingerprint density at radius 2 is 1.94 bits per heavy atom. The number of hydrogen-bond acceptors (Lipinski definition) is 5. The second kappa shape index (κ2) is 10.3. The highest BCUT2D eigenvalue weighted by atomic mass is 16.5. The van der Waals surface area contributed by atoms with Crippen molar-refractivity contribution < 1.29 is 29.0 Å². The van der Waals surface area contributed by atoms with Crippen LogP contribution in [0.25, 0.3) is 6.08 Å². The maximum absolute atomic E-state index is 12.4. The van der Waals surface area contributed by atoms with Crippen molar-refractivity contribution in [3.8, 4) is 11.5 Å². The first-order valence-corrected chi connectivity index (χ1v) is 10.1. The SMILES string of the molecule is C=CCc1cc(/C=C2/NC(=O)N(CC(=O)O)C2=O)cc(OCC)c1OCc1ccccc1. The number of hydrogen-bond donors (Lipinski definition) is 2. The van der Waals surface area contributed by atoms with Crippen LogP contribution in [0.3, 0.4) is 0 Å². The molecule has 166 valence electrons. The Morgan fingerprint density at radius 3 is 2.59 bits per heavy atom. The Kier molecular flexibility index (Phi) is 7.28. The summed E-state index contributed by atoms with van der Waals surface area (Å²) in [5, 5.41) is 11.3. The van der Waals surface area contributed by atoms with E-state index in [1.165, 1.54) is 6.08 Å². The predicted octanol–water partition coefficient (Wildman–Crippen LogP) is 3.37. The zero-order valence-corrected chi connectivity index (χ0v) is 17.7. The van der Waals surface area contributed by atoms with Gasteiger partial charge in [0.25, 0.3) is 5.91 Å². The number of imide groups is 1. The van der Waals surface area contributed by atoms with Crippen molar-refractivity contribution in [2.24, 2.45) is 0 Å². The third kappa shape index (κ3) is 5.34. The van der Waals surface area contributed by atoms with Crippen molar-refractivity contribution in [3.63, 3.8) is 0 Å². The van der Waals surface area contributed by atoms with Gasteiger partial charge in [0.1, 0.15) is 18.8 Å². The third-order valence-electron chi connectivity index (χ3n) is 4.61. The quantitative estimate of drug-likeness (QED) is 0.336. The lowest BCUT2D eigenvalue weighted by molar-refractivity contribution is -0.140. The summed E-state index contributed by atoms with van der Waals surface area (Å²) in [6.07, 6.45) is 3.71. The highest BCUT2D eigenvalue weighted by Crippen LogP contribution is 2.35. The summed E-state index contributed by atoms with van der Waals surface area (Å²) in [6, 6.07) is 12.5. The molecule has 0 saturated carbocycles. The number of amides is 3. The van der Waals surface area contributed by atoms with Crippen LogP contribution in [0.4, 0.5) is 4.79 Å². The molecule has 1 heterocycles. The largest absolute Gasteiger partial charge is 0.490 e. The zero-order valence-electron chi connectivity index (χ0n) is 17.7. The lowest BCUT2D eigenvalue weighted by Crippen LogP contribution is -2.35. The van der Waals surface area contributed by atoms with Crippen molar-refractivity contribution in [1.82, 2.24) is 10.2 Å². The van der Waals surface area contributed by atoms with Crippen LogP contribution in [-0.2, 0) is 22.6 Å². The molecular weight excluding hydrogens is 412 g/mol. The van der Waals surface area contributed by atoms with E-state index >= 15 is 0 Å². The van der Waals surface area contributed by atoms with Crippen molar-refractivity contribution >= 4 is 24.0 Å². The van der Waals surface area contributed by atoms with Gasteiger partial charge in [-0.2, -0.15) is 0 Å². The standard InChI is InChI=1S/C24H24N2O6/c1-3-8-18-11-17(12-19-23(29)26(14-21(27)28)24(30)25-19)13-20(31-4-2)22(18)32-15-16-9-6-5-7-10-16/h3,5-7,9-13H,1,4,8,14-15H2,2H3,(H,25,30)(H,27,28)/b19-12+. The van der Waals surface area contributed by atoms with E-state index in [9.17, 15) is 14.4 Å². The van der Waals surface area contributed by atoms with Crippen LogP contribution in [0.2, 0.25) is 0 Å². The van der Waals surface area contributed by atoms with Gasteiger partial charge in [0.2, 0.25) is 0 Å². The molecule has 0 radical (unpaired) electrons. The molecule has 1 aliphatic rings. The molecule has 3 rings (SSSR count). The van der Waals surface area contributed by atoms with Gasteiger partial charge in [-0.3, -0.25) is 9.59 Å². The number of ether oxygens (including phenoxy) is 2. The number of carbonyl (C=O) groups excluding carboxylic acids is 2. The molecule has 2 N–H and O–H groups in total. The maximum atomic E-state index is 12.4. The van der Waals surface area contributed by atoms with E-state index in [0.29, 0.717) is 41.6 Å². The molecule has 8 nitrogen and oxygen atoms in total. The Morgan fingerprint density at radius 1 is 1.19 bits per heavy atom. The number of carboxylic acid groups (broad SMARTS) is 1. The minimum absolute atomic E-state index is 0.0128. The average molecular weight is 436 g/mol. The van der Waals surface area contributed by atoms with E-state index in [1.807, 2.05) is 43.3 Å². The van der Waals surface area contributed by atoms with Gasteiger partial charge in [-0.15, -0.1) is 6.58 Å². The average Bonchev–Trinajstić information content (AvgIpc) is 3.01. The highest BCUT2D eigenvalue weighted by Gasteiger charge is 2.35. The number of carboxylic acids is 1. The summed E-state index contributed by atoms with van der Waals surface area (Å²) in [4.78, 5) is 36.0. The van der Waals surface area contributed by atoms with Gasteiger partial charge < -0.3 is 19.9 Å². The molecule has 1 fully saturated rings. The second-order valence-corrected chi connectivity index (χ2v) is 6.98. The van der Waals surface area contributed by atoms with E-state index in [2.05, 4.69) is 11.9 Å². The monoisotopic (exact) mass is 436 g/mol. The third-order valence-corrected chi connectivity index (χ3v) is 4.61. The Balaban J connectivity index is 1.94. The summed E-state index contributed by atoms with van der Waals surface area (Å²) in [7, 11) is 0. The molecule has 32 heavy (non-hydrogen) atoms. The Labute approximate surface area is 185 Å². The topological polar surface area (TPSA) is 105 Å². The summed E-state index contributed by atoms with van der Waals surface area (Å²) in [5.74, 6) is -0.910. The van der Waals surface area contributed by atoms with Gasteiger partial charge in [0.15, 0.2) is 11.5 Å². The molecule has 2 aromatic carbocycles. The van der Waals surface area contributed by atoms with Crippen molar-refractivity contribution in [1.29, 1.82) is 0 Å². The summed E-state index contributed by atoms with van der Waals surface area (Å²) >= 11 is 0. The molecule has 0 bridgehead atoms. The first kappa shape index (κ1) is 22.6. The fourth-order valence-electron chi connectivity index (χ4n) is 3.25. The van der Waals surface area contributed by atoms with E-state index in [1.54, 1.807) is 12.1 Å². The summed E-state index contributed by atoms with van der Waals surface area (Å²) < 4.78 is 11.9. The van der Waals surface area contributed by atoms with Gasteiger partial charge in [-0.05, 0) is 42.7 Å². The van der Waals surface area contributed by atoms with Gasteiger partial charge in [-0.1, -0.05) is 36.4 Å². The second-order valence-electron chi connectivity index (χ2n) is 6.98. The van der Waals surface area contributed by atoms with Gasteiger partial charge in [0.05, 0.1) is 6.61 Å². The highest BCUT2D eigenvalue weighted by molar-refractivity contribution is 6.15. The van der Waals surface area contributed by atoms with Crippen LogP contribution in [0.1, 0.15) is 23.6 Å². The molecule has 0 atom stereocenters. The Hall–Kier alpha value is -4.07. The lowest BCUT2D eigenvalue weighted by atomic mass is 10.0. The van der Waals surface area contributed by atoms with Crippen LogP contribution in [0, 0.1) is 0 Å². The van der Waals surface area contributed by atoms with Crippen LogP contribution < -0.4 is 14.8 Å². The van der Waals surface area contributed by atoms with E-state index < -0.39 is 24.5 Å². The molecule has 1 aliphatic heterocycles. The molecular formula is C24H24N2O6. The number of rotatable bonds is 10. The first-order chi connectivity index (χ1) is 15.4. The number of aliphatic carboxylic acids is 1. The van der Waals surface area contributed by atoms with Gasteiger partial charge in [0, 0.05) is 5.56 Å². The fraction of sp³-hybridized carbons (Fsp3) is 0.208. The number of benzene rings is 2. The molecule has 3 amide bonds. The number of allylic oxidation sites excluding steroid dienone is 1. The molecule has 1 saturated heterocycles. The predicted molar refractivity (Wildman–Crippen MR) is 118 cm³/mol. The van der Waals surface area contributed by atoms with E-state index in [4.69, 9.17) is 14.6 Å². The van der Waals surface area contributed by atoms with E-state index in [0.717, 1.165) is 11.1 Å². The van der Waals surface area contributed by atoms with Crippen molar-refractivity contribution in [2.45, 2.75) is 20.0 Å². The molecule has 0 aromatic heterocycles. The maximum Gasteiger partial charge on any atom is 0.329 e. The zero-order chi connectivity index (χ0) is 23.1. The number of nitrogens with zero attached hydrogens (tertiary/aromatic N) is 1. The first-order valence-electron chi connectivity index (χ1n) is 10.1. The Bertz CT molecular complexity index is 1060. The lowest BCUT2D eigenvalue weighted by Gasteiger charge is -2.17. The fourth-order valence-corrected chi connectivity index (χ4v) is 3.25. The molecule has 0 aliphatic carbocycles. The van der Waals surface area contributed by atoms with E-state index in [-0.39, 0.29) is 5.70 Å². The normalized spacial score (nSPS) is 14.4. The number of urea groups is 1. The number of nitrogens with one attached hydrogen (secondary N) is 1. The smallest absolute Gasteiger partial charge is 0.329 e. The van der Waals surface area contributed by atoms with Crippen LogP contribution in [0.5, 0.6) is 11.5 Å². The van der Waals surface area contributed by atoms with Gasteiger partial charge in [-0.25, -0.2) is 9.69 Å². The van der Waals surface area contributed by atoms with Crippen molar-refractivity contribution in [2.75, 3.05) is 13.2 Å². The summed E-state index contributed by atoms with van der Waals surface area (Å²) in [6.45, 7) is 5.69. The molecule has 0 spiro atoms. The van der Waals surface area contributed by atoms with Crippen LogP contribution in [0.15, 0.2) is 60.8 Å². The molecule has 2 aromatic rings. The van der Waals surface area contributed by atoms with Crippen LogP contribution in [-0.4, -0.2) is 41.1 Å². The van der Waals surface area contributed by atoms with Crippen LogP contribution >= 0.6 is 0 Å².